The Morgan fingerprint density at radius 1 is 0.639 bits per heavy atom. The molecule has 4 aromatic carbocycles. The number of ether oxygens (including phenoxy) is 2. The molecule has 0 spiro atoms. The first kappa shape index (κ1) is 25.0. The van der Waals surface area contributed by atoms with Gasteiger partial charge in [-0.05, 0) is 33.7 Å². The lowest BCUT2D eigenvalue weighted by Crippen LogP contribution is -2.14. The predicted molar refractivity (Wildman–Crippen MR) is 141 cm³/mol. The van der Waals surface area contributed by atoms with Crippen LogP contribution < -0.4 is 9.47 Å². The minimum atomic E-state index is -0.856. The van der Waals surface area contributed by atoms with E-state index in [0.717, 1.165) is 32.7 Å². The molecule has 4 aromatic rings. The molecule has 0 bridgehead atoms. The van der Waals surface area contributed by atoms with Crippen LogP contribution in [0.15, 0.2) is 72.8 Å². The van der Waals surface area contributed by atoms with E-state index in [1.165, 1.54) is 0 Å². The zero-order valence-corrected chi connectivity index (χ0v) is 20.4. The number of rotatable bonds is 11. The summed E-state index contributed by atoms with van der Waals surface area (Å²) in [7, 11) is 0. The first-order valence-corrected chi connectivity index (χ1v) is 12.1. The molecule has 0 radical (unpaired) electrons. The number of carboxylic acids is 2. The van der Waals surface area contributed by atoms with Gasteiger partial charge in [0.15, 0.2) is 0 Å². The van der Waals surface area contributed by atoms with Crippen molar-refractivity contribution in [3.8, 4) is 22.6 Å². The van der Waals surface area contributed by atoms with Crippen molar-refractivity contribution >= 4 is 33.5 Å². The smallest absolute Gasteiger partial charge is 0.303 e. The molecule has 0 aliphatic rings. The minimum Gasteiger partial charge on any atom is -0.493 e. The average molecular weight is 487 g/mol. The molecule has 2 N–H and O–H groups in total. The maximum Gasteiger partial charge on any atom is 0.303 e. The third-order valence-corrected chi connectivity index (χ3v) is 6.12. The van der Waals surface area contributed by atoms with Crippen LogP contribution >= 0.6 is 0 Å². The Morgan fingerprint density at radius 2 is 1.03 bits per heavy atom. The van der Waals surface area contributed by atoms with Crippen molar-refractivity contribution in [2.45, 2.75) is 26.7 Å². The number of hydrogen-bond donors (Lipinski definition) is 2. The van der Waals surface area contributed by atoms with Gasteiger partial charge in [-0.3, -0.25) is 9.59 Å². The van der Waals surface area contributed by atoms with Crippen LogP contribution in [0.25, 0.3) is 32.7 Å². The summed E-state index contributed by atoms with van der Waals surface area (Å²) in [6.07, 6.45) is 0.0417. The van der Waals surface area contributed by atoms with Gasteiger partial charge in [0.2, 0.25) is 0 Å². The number of aliphatic carboxylic acids is 2. The van der Waals surface area contributed by atoms with Crippen LogP contribution in [-0.4, -0.2) is 35.4 Å². The van der Waals surface area contributed by atoms with Gasteiger partial charge in [-0.2, -0.15) is 0 Å². The Morgan fingerprint density at radius 3 is 1.42 bits per heavy atom. The van der Waals surface area contributed by atoms with Crippen LogP contribution in [0.1, 0.15) is 26.7 Å². The van der Waals surface area contributed by atoms with Gasteiger partial charge < -0.3 is 19.7 Å². The summed E-state index contributed by atoms with van der Waals surface area (Å²) in [5.41, 5.74) is 1.74. The second-order valence-electron chi connectivity index (χ2n) is 9.35. The normalized spacial score (nSPS) is 12.8. The summed E-state index contributed by atoms with van der Waals surface area (Å²) in [6.45, 7) is 4.22. The molecule has 0 aliphatic carbocycles. The van der Waals surface area contributed by atoms with Gasteiger partial charge in [0.25, 0.3) is 0 Å². The highest BCUT2D eigenvalue weighted by molar-refractivity contribution is 6.09. The molecule has 0 saturated carbocycles. The first-order chi connectivity index (χ1) is 17.3. The lowest BCUT2D eigenvalue weighted by atomic mass is 9.92. The Labute approximate surface area is 210 Å². The van der Waals surface area contributed by atoms with E-state index in [1.54, 1.807) is 0 Å². The Kier molecular flexibility index (Phi) is 7.74. The summed E-state index contributed by atoms with van der Waals surface area (Å²) >= 11 is 0. The Balaban J connectivity index is 1.86. The molecule has 0 fully saturated rings. The lowest BCUT2D eigenvalue weighted by molar-refractivity contribution is -0.139. The van der Waals surface area contributed by atoms with Crippen LogP contribution in [0, 0.1) is 11.8 Å². The van der Waals surface area contributed by atoms with Crippen LogP contribution in [0.4, 0.5) is 0 Å². The summed E-state index contributed by atoms with van der Waals surface area (Å²) in [6, 6.07) is 23.9. The summed E-state index contributed by atoms with van der Waals surface area (Å²) < 4.78 is 12.5. The van der Waals surface area contributed by atoms with Gasteiger partial charge in [-0.1, -0.05) is 74.5 Å². The Bertz CT molecular complexity index is 1290. The van der Waals surface area contributed by atoms with Gasteiger partial charge in [0.05, 0.1) is 26.1 Å². The molecule has 4 rings (SSSR count). The van der Waals surface area contributed by atoms with Crippen LogP contribution in [0.5, 0.6) is 11.5 Å². The number of benzene rings is 4. The largest absolute Gasteiger partial charge is 0.493 e. The molecule has 0 amide bonds. The highest BCUT2D eigenvalue weighted by Gasteiger charge is 2.20. The van der Waals surface area contributed by atoms with Gasteiger partial charge >= 0.3 is 11.9 Å². The van der Waals surface area contributed by atoms with Gasteiger partial charge in [0.1, 0.15) is 11.5 Å². The Hall–Kier alpha value is -4.06. The molecule has 6 heteroatoms. The second kappa shape index (κ2) is 11.1. The molecule has 2 atom stereocenters. The first-order valence-electron chi connectivity index (χ1n) is 12.1. The topological polar surface area (TPSA) is 93.1 Å². The zero-order valence-electron chi connectivity index (χ0n) is 20.4. The van der Waals surface area contributed by atoms with E-state index >= 15 is 0 Å². The van der Waals surface area contributed by atoms with Crippen LogP contribution in [0.3, 0.4) is 0 Å². The average Bonchev–Trinajstić information content (AvgIpc) is 2.85. The standard InChI is InChI=1S/C30H30O6/c1-19(15-27(31)32)17-35-25-13-11-21-7-3-5-9-23(21)29(25)30-24-10-6-4-8-22(24)12-14-26(30)36-18-20(2)16-28(33)34/h3-14,19-20H,15-18H2,1-2H3,(H,31,32)(H,33,34). The maximum atomic E-state index is 11.2. The highest BCUT2D eigenvalue weighted by atomic mass is 16.5. The van der Waals surface area contributed by atoms with E-state index in [-0.39, 0.29) is 37.9 Å². The fourth-order valence-corrected chi connectivity index (χ4v) is 4.44. The minimum absolute atomic E-state index is 0.0208. The SMILES string of the molecule is CC(COc1ccc2ccccc2c1-c1c(OCC(C)CC(=O)O)ccc2ccccc12)CC(=O)O. The zero-order chi connectivity index (χ0) is 25.7. The van der Waals surface area contributed by atoms with E-state index < -0.39 is 11.9 Å². The van der Waals surface area contributed by atoms with Gasteiger partial charge in [-0.25, -0.2) is 0 Å². The molecular formula is C30H30O6. The third-order valence-electron chi connectivity index (χ3n) is 6.12. The van der Waals surface area contributed by atoms with E-state index in [0.29, 0.717) is 11.5 Å². The van der Waals surface area contributed by atoms with Crippen molar-refractivity contribution in [1.82, 2.24) is 0 Å². The van der Waals surface area contributed by atoms with Gasteiger partial charge in [-0.15, -0.1) is 0 Å². The van der Waals surface area contributed by atoms with E-state index in [2.05, 4.69) is 0 Å². The third kappa shape index (κ3) is 5.77. The summed E-state index contributed by atoms with van der Waals surface area (Å²) in [4.78, 5) is 22.3. The molecule has 0 aliphatic heterocycles. The maximum absolute atomic E-state index is 11.2. The monoisotopic (exact) mass is 486 g/mol. The number of carboxylic acid groups (broad SMARTS) is 2. The van der Waals surface area contributed by atoms with Crippen LogP contribution in [-0.2, 0) is 9.59 Å². The van der Waals surface area contributed by atoms with E-state index in [4.69, 9.17) is 19.7 Å². The van der Waals surface area contributed by atoms with Crippen molar-refractivity contribution in [2.75, 3.05) is 13.2 Å². The second-order valence-corrected chi connectivity index (χ2v) is 9.35. The summed E-state index contributed by atoms with van der Waals surface area (Å²) in [5.74, 6) is -0.754. The molecule has 2 unspecified atom stereocenters. The fraction of sp³-hybridized carbons (Fsp3) is 0.267. The lowest BCUT2D eigenvalue weighted by Gasteiger charge is -2.21. The molecular weight excluding hydrogens is 456 g/mol. The van der Waals surface area contributed by atoms with Crippen LogP contribution in [0.2, 0.25) is 0 Å². The van der Waals surface area contributed by atoms with Crippen molar-refractivity contribution in [1.29, 1.82) is 0 Å². The molecule has 36 heavy (non-hydrogen) atoms. The number of hydrogen-bond acceptors (Lipinski definition) is 4. The molecule has 0 saturated heterocycles. The van der Waals surface area contributed by atoms with Crippen molar-refractivity contribution in [3.63, 3.8) is 0 Å². The number of fused-ring (bicyclic) bond motifs is 2. The van der Waals surface area contributed by atoms with E-state index in [9.17, 15) is 9.59 Å². The van der Waals surface area contributed by atoms with E-state index in [1.807, 2.05) is 86.6 Å². The quantitative estimate of drug-likeness (QED) is 0.247. The molecule has 0 aromatic heterocycles. The van der Waals surface area contributed by atoms with Crippen molar-refractivity contribution in [3.05, 3.63) is 72.8 Å². The summed E-state index contributed by atoms with van der Waals surface area (Å²) in [5, 5.41) is 22.4. The molecule has 186 valence electrons. The number of carbonyl (C=O) groups is 2. The van der Waals surface area contributed by atoms with Crippen molar-refractivity contribution in [2.24, 2.45) is 11.8 Å². The molecule has 6 nitrogen and oxygen atoms in total. The van der Waals surface area contributed by atoms with Crippen molar-refractivity contribution < 1.29 is 29.3 Å². The predicted octanol–water partition coefficient (Wildman–Crippen LogP) is 6.64. The highest BCUT2D eigenvalue weighted by Crippen LogP contribution is 2.45. The van der Waals surface area contributed by atoms with Gasteiger partial charge in [0, 0.05) is 23.0 Å². The molecule has 0 heterocycles. The fourth-order valence-electron chi connectivity index (χ4n) is 4.44.